The molecule has 3 rings (SSSR count). The summed E-state index contributed by atoms with van der Waals surface area (Å²) in [5.41, 5.74) is 2.84. The summed E-state index contributed by atoms with van der Waals surface area (Å²) in [7, 11) is 3.67. The van der Waals surface area contributed by atoms with Gasteiger partial charge in [0.1, 0.15) is 6.29 Å². The zero-order valence-electron chi connectivity index (χ0n) is 19.6. The fourth-order valence-corrected chi connectivity index (χ4v) is 4.49. The summed E-state index contributed by atoms with van der Waals surface area (Å²) >= 11 is 0. The zero-order chi connectivity index (χ0) is 23.5. The van der Waals surface area contributed by atoms with Crippen molar-refractivity contribution in [2.75, 3.05) is 13.6 Å². The van der Waals surface area contributed by atoms with Crippen LogP contribution in [-0.4, -0.2) is 69.8 Å². The van der Waals surface area contributed by atoms with E-state index in [4.69, 9.17) is 0 Å². The Morgan fingerprint density at radius 2 is 1.97 bits per heavy atom. The Labute approximate surface area is 190 Å². The van der Waals surface area contributed by atoms with Gasteiger partial charge < -0.3 is 25.4 Å². The third kappa shape index (κ3) is 5.26. The molecule has 32 heavy (non-hydrogen) atoms. The Morgan fingerprint density at radius 1 is 1.28 bits per heavy atom. The Morgan fingerprint density at radius 3 is 2.50 bits per heavy atom. The van der Waals surface area contributed by atoms with Crippen LogP contribution < -0.4 is 10.6 Å². The van der Waals surface area contributed by atoms with Gasteiger partial charge in [-0.15, -0.1) is 0 Å². The van der Waals surface area contributed by atoms with E-state index in [-0.39, 0.29) is 23.9 Å². The first-order valence-electron chi connectivity index (χ1n) is 11.1. The van der Waals surface area contributed by atoms with E-state index in [1.807, 2.05) is 62.8 Å². The van der Waals surface area contributed by atoms with Gasteiger partial charge in [-0.1, -0.05) is 45.0 Å². The van der Waals surface area contributed by atoms with Gasteiger partial charge in [-0.2, -0.15) is 5.10 Å². The van der Waals surface area contributed by atoms with Crippen molar-refractivity contribution < 1.29 is 14.7 Å². The molecule has 1 aromatic heterocycles. The number of carbonyl (C=O) groups excluding carboxylic acids is 2. The first-order valence-corrected chi connectivity index (χ1v) is 11.1. The number of aldehydes is 1. The van der Waals surface area contributed by atoms with Gasteiger partial charge in [0.2, 0.25) is 5.91 Å². The molecule has 0 radical (unpaired) electrons. The molecule has 1 amide bonds. The number of aryl methyl sites for hydroxylation is 1. The van der Waals surface area contributed by atoms with Gasteiger partial charge in [0, 0.05) is 26.3 Å². The molecule has 0 saturated carbocycles. The summed E-state index contributed by atoms with van der Waals surface area (Å²) in [6.07, 6.45) is 2.35. The number of rotatable bonds is 8. The van der Waals surface area contributed by atoms with Crippen molar-refractivity contribution in [2.24, 2.45) is 12.5 Å². The highest BCUT2D eigenvalue weighted by Gasteiger charge is 2.43. The van der Waals surface area contributed by atoms with Gasteiger partial charge in [-0.05, 0) is 36.1 Å². The lowest BCUT2D eigenvalue weighted by atomic mass is 9.85. The maximum Gasteiger partial charge on any atom is 0.240 e. The first kappa shape index (κ1) is 24.1. The van der Waals surface area contributed by atoms with Crippen molar-refractivity contribution in [1.82, 2.24) is 25.3 Å². The molecule has 1 aliphatic rings. The highest BCUT2D eigenvalue weighted by molar-refractivity contribution is 5.84. The normalized spacial score (nSPS) is 20.9. The number of hydrogen-bond acceptors (Lipinski definition) is 6. The van der Waals surface area contributed by atoms with Crippen LogP contribution in [0.1, 0.15) is 32.8 Å². The number of carbonyl (C=O) groups is 2. The molecule has 1 aromatic carbocycles. The number of aliphatic hydroxyl groups excluding tert-OH is 1. The Kier molecular flexibility index (Phi) is 7.48. The van der Waals surface area contributed by atoms with Gasteiger partial charge in [0.25, 0.3) is 0 Å². The van der Waals surface area contributed by atoms with Crippen LogP contribution in [0.25, 0.3) is 11.3 Å². The third-order valence-electron chi connectivity index (χ3n) is 6.18. The molecular formula is C24H35N5O3. The minimum absolute atomic E-state index is 0.0873. The largest absolute Gasteiger partial charge is 0.391 e. The monoisotopic (exact) mass is 441 g/mol. The Hall–Kier alpha value is -2.55. The number of amides is 1. The van der Waals surface area contributed by atoms with Gasteiger partial charge in [0.05, 0.1) is 29.9 Å². The van der Waals surface area contributed by atoms with E-state index in [2.05, 4.69) is 15.7 Å². The lowest BCUT2D eigenvalue weighted by molar-refractivity contribution is -0.137. The highest BCUT2D eigenvalue weighted by atomic mass is 16.3. The molecule has 1 saturated heterocycles. The van der Waals surface area contributed by atoms with Crippen LogP contribution in [0.2, 0.25) is 0 Å². The molecule has 1 fully saturated rings. The standard InChI is InChI=1S/C24H35N5O3/c1-24(2,3)22(25-4)23(32)29-14-18(31)12-21(29)19(15-30)26-13-16-6-8-17(9-7-16)20-10-11-27-28(20)5/h6-11,15,18-19,21-22,25-26,31H,12-14H2,1-5H3/t18-,19?,21+,22-/m1/s1. The highest BCUT2D eigenvalue weighted by Crippen LogP contribution is 2.27. The van der Waals surface area contributed by atoms with Crippen LogP contribution in [0.3, 0.4) is 0 Å². The summed E-state index contributed by atoms with van der Waals surface area (Å²) in [6, 6.07) is 8.69. The fraction of sp³-hybridized carbons (Fsp3) is 0.542. The Bertz CT molecular complexity index is 918. The van der Waals surface area contributed by atoms with E-state index in [0.29, 0.717) is 13.0 Å². The van der Waals surface area contributed by atoms with E-state index < -0.39 is 18.2 Å². The second kappa shape index (κ2) is 9.94. The predicted octanol–water partition coefficient (Wildman–Crippen LogP) is 1.34. The topological polar surface area (TPSA) is 99.5 Å². The average Bonchev–Trinajstić information content (AvgIpc) is 3.34. The molecule has 8 heteroatoms. The molecule has 2 heterocycles. The van der Waals surface area contributed by atoms with Crippen LogP contribution in [-0.2, 0) is 23.2 Å². The second-order valence-electron chi connectivity index (χ2n) is 9.61. The summed E-state index contributed by atoms with van der Waals surface area (Å²) < 4.78 is 1.82. The van der Waals surface area contributed by atoms with Crippen molar-refractivity contribution in [3.8, 4) is 11.3 Å². The maximum absolute atomic E-state index is 13.3. The minimum atomic E-state index is -0.635. The van der Waals surface area contributed by atoms with Crippen LogP contribution >= 0.6 is 0 Å². The molecule has 3 N–H and O–H groups in total. The number of benzene rings is 1. The second-order valence-corrected chi connectivity index (χ2v) is 9.61. The number of nitrogens with zero attached hydrogens (tertiary/aromatic N) is 3. The third-order valence-corrected chi connectivity index (χ3v) is 6.18. The summed E-state index contributed by atoms with van der Waals surface area (Å²) in [6.45, 7) is 6.72. The molecule has 2 aromatic rings. The smallest absolute Gasteiger partial charge is 0.240 e. The average molecular weight is 442 g/mol. The quantitative estimate of drug-likeness (QED) is 0.535. The van der Waals surface area contributed by atoms with Crippen molar-refractivity contribution in [3.63, 3.8) is 0 Å². The number of hydrogen-bond donors (Lipinski definition) is 3. The van der Waals surface area contributed by atoms with Crippen LogP contribution in [0.4, 0.5) is 0 Å². The van der Waals surface area contributed by atoms with Gasteiger partial charge >= 0.3 is 0 Å². The number of likely N-dealkylation sites (tertiary alicyclic amines) is 1. The van der Waals surface area contributed by atoms with Crippen molar-refractivity contribution in [1.29, 1.82) is 0 Å². The zero-order valence-corrected chi connectivity index (χ0v) is 19.6. The number of aromatic nitrogens is 2. The predicted molar refractivity (Wildman–Crippen MR) is 124 cm³/mol. The molecular weight excluding hydrogens is 406 g/mol. The Balaban J connectivity index is 1.69. The van der Waals surface area contributed by atoms with E-state index in [1.165, 1.54) is 0 Å². The van der Waals surface area contributed by atoms with Crippen molar-refractivity contribution in [3.05, 3.63) is 42.1 Å². The molecule has 1 aliphatic heterocycles. The van der Waals surface area contributed by atoms with Gasteiger partial charge in [0.15, 0.2) is 0 Å². The molecule has 8 nitrogen and oxygen atoms in total. The summed E-state index contributed by atoms with van der Waals surface area (Å²) in [5, 5.41) is 20.9. The first-order chi connectivity index (χ1) is 15.2. The number of likely N-dealkylation sites (N-methyl/N-ethyl adjacent to an activating group) is 1. The minimum Gasteiger partial charge on any atom is -0.391 e. The van der Waals surface area contributed by atoms with Gasteiger partial charge in [-0.3, -0.25) is 9.48 Å². The lowest BCUT2D eigenvalue weighted by Gasteiger charge is -2.36. The summed E-state index contributed by atoms with van der Waals surface area (Å²) in [5.74, 6) is -0.0873. The molecule has 0 spiro atoms. The van der Waals surface area contributed by atoms with Crippen LogP contribution in [0, 0.1) is 5.41 Å². The van der Waals surface area contributed by atoms with Crippen LogP contribution in [0.15, 0.2) is 36.5 Å². The maximum atomic E-state index is 13.3. The SMILES string of the molecule is CN[C@H](C(=O)N1C[C@H](O)C[C@H]1C(C=O)NCc1ccc(-c2ccnn2C)cc1)C(C)(C)C. The van der Waals surface area contributed by atoms with Crippen molar-refractivity contribution in [2.45, 2.75) is 58.0 Å². The van der Waals surface area contributed by atoms with E-state index in [1.54, 1.807) is 18.1 Å². The number of aliphatic hydroxyl groups is 1. The molecule has 174 valence electrons. The van der Waals surface area contributed by atoms with Crippen molar-refractivity contribution >= 4 is 12.2 Å². The molecule has 0 bridgehead atoms. The fourth-order valence-electron chi connectivity index (χ4n) is 4.49. The van der Waals surface area contributed by atoms with E-state index >= 15 is 0 Å². The molecule has 1 unspecified atom stereocenters. The van der Waals surface area contributed by atoms with E-state index in [9.17, 15) is 14.7 Å². The number of nitrogens with one attached hydrogen (secondary N) is 2. The molecule has 0 aliphatic carbocycles. The molecule has 4 atom stereocenters. The number of β-amino-alcohol motifs (C(OH)–C–C–N with tert-alkyl or cyclic N) is 1. The van der Waals surface area contributed by atoms with E-state index in [0.717, 1.165) is 23.1 Å². The lowest BCUT2D eigenvalue weighted by Crippen LogP contribution is -2.57. The van der Waals surface area contributed by atoms with Crippen LogP contribution in [0.5, 0.6) is 0 Å². The summed E-state index contributed by atoms with van der Waals surface area (Å²) in [4.78, 5) is 26.9. The van der Waals surface area contributed by atoms with Gasteiger partial charge in [-0.25, -0.2) is 0 Å².